The molecule has 1 heteroatoms. The Morgan fingerprint density at radius 3 is 1.67 bits per heavy atom. The summed E-state index contributed by atoms with van der Waals surface area (Å²) in [5.41, 5.74) is 10.3. The normalized spacial score (nSPS) is 8.73. The molecule has 0 aliphatic carbocycles. The summed E-state index contributed by atoms with van der Waals surface area (Å²) in [6.45, 7) is 0. The molecular weight excluding hydrogens is 476 g/mol. The molecule has 0 atom stereocenters. The first-order valence-electron chi connectivity index (χ1n) is 10.5. The first-order chi connectivity index (χ1) is 15.9. The van der Waals surface area contributed by atoms with Crippen molar-refractivity contribution < 1.29 is 26.2 Å². The van der Waals surface area contributed by atoms with Gasteiger partial charge in [0.25, 0.3) is 0 Å². The van der Waals surface area contributed by atoms with E-state index in [0.717, 1.165) is 22.3 Å². The Labute approximate surface area is 216 Å². The molecule has 0 unspecified atom stereocenters. The van der Waals surface area contributed by atoms with Crippen LogP contribution in [-0.2, 0) is 26.2 Å². The quantitative estimate of drug-likeness (QED) is 0.175. The van der Waals surface area contributed by atoms with Crippen molar-refractivity contribution in [3.05, 3.63) is 186 Å². The van der Waals surface area contributed by atoms with E-state index in [2.05, 4.69) is 35.7 Å². The van der Waals surface area contributed by atoms with Gasteiger partial charge in [0, 0.05) is 26.2 Å². The van der Waals surface area contributed by atoms with Gasteiger partial charge in [-0.3, -0.25) is 0 Å². The second kappa shape index (κ2) is 16.2. The molecule has 5 rings (SSSR count). The smallest absolute Gasteiger partial charge is 0 e. The molecule has 5 aromatic carbocycles. The van der Waals surface area contributed by atoms with Crippen LogP contribution in [0.5, 0.6) is 0 Å². The Kier molecular flexibility index (Phi) is 12.7. The van der Waals surface area contributed by atoms with E-state index in [4.69, 9.17) is 0 Å². The third kappa shape index (κ3) is 10.1. The molecule has 5 aromatic rings. The Morgan fingerprint density at radius 2 is 1.18 bits per heavy atom. The maximum atomic E-state index is 3.25. The first kappa shape index (κ1) is 25.8. The van der Waals surface area contributed by atoms with Gasteiger partial charge in [-0.25, -0.2) is 30.0 Å². The van der Waals surface area contributed by atoms with E-state index >= 15 is 0 Å². The summed E-state index contributed by atoms with van der Waals surface area (Å²) in [5.74, 6) is 0. The molecule has 0 spiro atoms. The molecule has 0 aliphatic rings. The molecule has 0 amide bonds. The van der Waals surface area contributed by atoms with Crippen molar-refractivity contribution in [2.45, 2.75) is 0 Å². The minimum absolute atomic E-state index is 0. The van der Waals surface area contributed by atoms with E-state index in [1.54, 1.807) is 0 Å². The fraction of sp³-hybridized carbons (Fsp3) is 0. The maximum absolute atomic E-state index is 3.25. The Hall–Kier alpha value is -3.46. The van der Waals surface area contributed by atoms with E-state index in [1.165, 1.54) is 0 Å². The van der Waals surface area contributed by atoms with Crippen LogP contribution in [0.1, 0.15) is 16.7 Å². The van der Waals surface area contributed by atoms with Crippen molar-refractivity contribution in [1.82, 2.24) is 0 Å². The van der Waals surface area contributed by atoms with Gasteiger partial charge < -0.3 is 0 Å². The standard InChI is InChI=1S/C22H14.2C5H5.Zr/c1-4-11-19(12-5-1)13-10-18-22(20-14-6-2-7-15-20)21-16-8-3-9-17-21;2*1-2-4-5-3-1;/h1-9,11-12,14-16H;2*1-5H;/q-2;2*-1;. The van der Waals surface area contributed by atoms with E-state index in [-0.39, 0.29) is 26.2 Å². The molecule has 0 nitrogen and oxygen atoms in total. The molecule has 160 valence electrons. The SMILES string of the molecule is C(=C=C(c1[c-]cccc1)c1ccccc1)=[C-]c1ccccc1.[Zr].c1cc[cH-]c1.c1cc[cH-]c1. The van der Waals surface area contributed by atoms with Gasteiger partial charge in [0.2, 0.25) is 0 Å². The van der Waals surface area contributed by atoms with Crippen LogP contribution in [0.15, 0.2) is 157 Å². The summed E-state index contributed by atoms with van der Waals surface area (Å²) < 4.78 is 0. The Bertz CT molecular complexity index is 1090. The summed E-state index contributed by atoms with van der Waals surface area (Å²) in [6.07, 6.45) is 3.12. The summed E-state index contributed by atoms with van der Waals surface area (Å²) in [6, 6.07) is 51.2. The Morgan fingerprint density at radius 1 is 0.636 bits per heavy atom. The fourth-order valence-corrected chi connectivity index (χ4v) is 2.78. The van der Waals surface area contributed by atoms with Crippen molar-refractivity contribution in [2.75, 3.05) is 0 Å². The molecule has 0 aliphatic heterocycles. The van der Waals surface area contributed by atoms with Gasteiger partial charge in [0.15, 0.2) is 0 Å². The molecule has 0 fully saturated rings. The number of hydrogen-bond donors (Lipinski definition) is 0. The van der Waals surface area contributed by atoms with Gasteiger partial charge >= 0.3 is 0 Å². The van der Waals surface area contributed by atoms with Crippen LogP contribution in [0.3, 0.4) is 0 Å². The third-order valence-corrected chi connectivity index (χ3v) is 4.32. The molecule has 0 saturated carbocycles. The van der Waals surface area contributed by atoms with Gasteiger partial charge in [-0.15, -0.1) is 65.7 Å². The molecule has 0 bridgehead atoms. The van der Waals surface area contributed by atoms with Gasteiger partial charge in [-0.05, 0) is 0 Å². The average Bonchev–Trinajstić information content (AvgIpc) is 3.63. The van der Waals surface area contributed by atoms with Crippen LogP contribution in [-0.4, -0.2) is 0 Å². The number of benzene rings is 3. The van der Waals surface area contributed by atoms with E-state index in [9.17, 15) is 0 Å². The maximum Gasteiger partial charge on any atom is 0 e. The van der Waals surface area contributed by atoms with Crippen molar-refractivity contribution in [2.24, 2.45) is 0 Å². The second-order valence-electron chi connectivity index (χ2n) is 6.68. The zero-order valence-electron chi connectivity index (χ0n) is 18.4. The monoisotopic (exact) mass is 498 g/mol. The summed E-state index contributed by atoms with van der Waals surface area (Å²) in [4.78, 5) is 0. The van der Waals surface area contributed by atoms with Gasteiger partial charge in [0.05, 0.1) is 0 Å². The van der Waals surface area contributed by atoms with Crippen LogP contribution < -0.4 is 0 Å². The predicted octanol–water partition coefficient (Wildman–Crippen LogP) is 7.89. The molecule has 33 heavy (non-hydrogen) atoms. The molecule has 0 aromatic heterocycles. The summed E-state index contributed by atoms with van der Waals surface area (Å²) >= 11 is 0. The topological polar surface area (TPSA) is 0 Å². The van der Waals surface area contributed by atoms with Crippen LogP contribution in [0.25, 0.3) is 5.57 Å². The zero-order valence-corrected chi connectivity index (χ0v) is 20.8. The largest absolute Gasteiger partial charge is 0.227 e. The van der Waals surface area contributed by atoms with Crippen LogP contribution in [0, 0.1) is 12.1 Å². The van der Waals surface area contributed by atoms with Gasteiger partial charge in [-0.1, -0.05) is 53.6 Å². The Balaban J connectivity index is 0.000000288. The van der Waals surface area contributed by atoms with E-state index in [1.807, 2.05) is 133 Å². The van der Waals surface area contributed by atoms with E-state index < -0.39 is 0 Å². The summed E-state index contributed by atoms with van der Waals surface area (Å²) in [5, 5.41) is 0. The average molecular weight is 500 g/mol. The van der Waals surface area contributed by atoms with Crippen molar-refractivity contribution in [3.8, 4) is 0 Å². The second-order valence-corrected chi connectivity index (χ2v) is 6.68. The van der Waals surface area contributed by atoms with Gasteiger partial charge in [0.1, 0.15) is 0 Å². The fourth-order valence-electron chi connectivity index (χ4n) is 2.78. The molecule has 0 saturated heterocycles. The summed E-state index contributed by atoms with van der Waals surface area (Å²) in [7, 11) is 0. The minimum atomic E-state index is 0. The number of hydrogen-bond acceptors (Lipinski definition) is 0. The van der Waals surface area contributed by atoms with Crippen molar-refractivity contribution in [1.29, 1.82) is 0 Å². The van der Waals surface area contributed by atoms with Crippen molar-refractivity contribution >= 4 is 5.57 Å². The minimum Gasteiger partial charge on any atom is -0.227 e. The van der Waals surface area contributed by atoms with E-state index in [0.29, 0.717) is 0 Å². The molecule has 0 N–H and O–H groups in total. The van der Waals surface area contributed by atoms with Crippen molar-refractivity contribution in [3.63, 3.8) is 0 Å². The molecule has 0 radical (unpaired) electrons. The predicted molar refractivity (Wildman–Crippen MR) is 134 cm³/mol. The zero-order chi connectivity index (χ0) is 22.1. The van der Waals surface area contributed by atoms with Crippen LogP contribution >= 0.6 is 0 Å². The van der Waals surface area contributed by atoms with Crippen LogP contribution in [0.4, 0.5) is 0 Å². The first-order valence-corrected chi connectivity index (χ1v) is 10.5. The molecule has 0 heterocycles. The number of rotatable bonds is 3. The third-order valence-electron chi connectivity index (χ3n) is 4.32. The molecular formula is C32H24Zr-4. The van der Waals surface area contributed by atoms with Crippen LogP contribution in [0.2, 0.25) is 0 Å². The van der Waals surface area contributed by atoms with Gasteiger partial charge in [-0.2, -0.15) is 42.1 Å².